The van der Waals surface area contributed by atoms with E-state index in [9.17, 15) is 12.8 Å². The van der Waals surface area contributed by atoms with E-state index in [4.69, 9.17) is 11.6 Å². The van der Waals surface area contributed by atoms with Gasteiger partial charge < -0.3 is 5.32 Å². The quantitative estimate of drug-likeness (QED) is 0.420. The van der Waals surface area contributed by atoms with Crippen LogP contribution in [-0.4, -0.2) is 26.0 Å². The molecule has 1 saturated carbocycles. The number of aromatic nitrogens is 1. The average molecular weight is 473 g/mol. The zero-order valence-corrected chi connectivity index (χ0v) is 19.8. The van der Waals surface area contributed by atoms with Crippen LogP contribution in [0.5, 0.6) is 0 Å². The predicted octanol–water partition coefficient (Wildman–Crippen LogP) is 5.79. The highest BCUT2D eigenvalue weighted by Crippen LogP contribution is 2.29. The van der Waals surface area contributed by atoms with Crippen LogP contribution in [0.4, 0.5) is 4.39 Å². The summed E-state index contributed by atoms with van der Waals surface area (Å²) in [5.74, 6) is -0.237. The van der Waals surface area contributed by atoms with Crippen LogP contribution < -0.4 is 5.32 Å². The summed E-state index contributed by atoms with van der Waals surface area (Å²) >= 11 is 7.52. The van der Waals surface area contributed by atoms with Crippen LogP contribution >= 0.6 is 22.9 Å². The summed E-state index contributed by atoms with van der Waals surface area (Å²) in [5, 5.41) is 6.07. The highest BCUT2D eigenvalue weighted by molar-refractivity contribution is 7.90. The summed E-state index contributed by atoms with van der Waals surface area (Å²) in [6.45, 7) is 3.27. The average Bonchev–Trinajstić information content (AvgIpc) is 3.40. The van der Waals surface area contributed by atoms with Gasteiger partial charge in [0.2, 0.25) is 0 Å². The second kappa shape index (κ2) is 11.0. The molecular weight excluding hydrogens is 443 g/mol. The molecule has 0 saturated heterocycles. The minimum Gasteiger partial charge on any atom is -0.314 e. The Kier molecular flexibility index (Phi) is 8.69. The summed E-state index contributed by atoms with van der Waals surface area (Å²) in [7, 11) is -3.82. The molecule has 1 aromatic carbocycles. The fraction of sp³-hybridized carbons (Fsp3) is 0.591. The highest BCUT2D eigenvalue weighted by atomic mass is 35.5. The first-order chi connectivity index (χ1) is 14.4. The number of sulfone groups is 1. The summed E-state index contributed by atoms with van der Waals surface area (Å²) in [6, 6.07) is 3.10. The van der Waals surface area contributed by atoms with Crippen molar-refractivity contribution in [2.45, 2.75) is 75.0 Å². The van der Waals surface area contributed by atoms with Gasteiger partial charge >= 0.3 is 0 Å². The molecule has 30 heavy (non-hydrogen) atoms. The van der Waals surface area contributed by atoms with Gasteiger partial charge in [0, 0.05) is 22.6 Å². The zero-order chi connectivity index (χ0) is 21.6. The third kappa shape index (κ3) is 6.49. The molecule has 0 radical (unpaired) electrons. The van der Waals surface area contributed by atoms with E-state index in [2.05, 4.69) is 17.2 Å². The standard InChI is InChI=1S/C22H30ClFN2O2S2/c1-16(17-7-4-5-8-17)25-10-6-2-3-9-18-13-20(24)21(14-19(18)23)30(27,28)15-22-26-11-12-29-22/h11-14,16-17,25H,2-10,15H2,1H3/t16-/m0/s1. The molecule has 1 N–H and O–H groups in total. The minimum atomic E-state index is -3.82. The summed E-state index contributed by atoms with van der Waals surface area (Å²) in [6.07, 6.45) is 10.6. The van der Waals surface area contributed by atoms with Gasteiger partial charge in [0.25, 0.3) is 0 Å². The lowest BCUT2D eigenvalue weighted by molar-refractivity contribution is 0.378. The maximum absolute atomic E-state index is 14.6. The second-order valence-electron chi connectivity index (χ2n) is 8.16. The van der Waals surface area contributed by atoms with E-state index in [1.54, 1.807) is 5.38 Å². The van der Waals surface area contributed by atoms with Crippen LogP contribution in [0, 0.1) is 11.7 Å². The Morgan fingerprint density at radius 1 is 1.27 bits per heavy atom. The Hall–Kier alpha value is -1.02. The Bertz CT molecular complexity index is 913. The van der Waals surface area contributed by atoms with Crippen LogP contribution in [0.2, 0.25) is 5.02 Å². The molecule has 1 atom stereocenters. The van der Waals surface area contributed by atoms with Crippen molar-refractivity contribution >= 4 is 32.8 Å². The predicted molar refractivity (Wildman–Crippen MR) is 121 cm³/mol. The minimum absolute atomic E-state index is 0.307. The SMILES string of the molecule is C[C@H](NCCCCCc1cc(F)c(S(=O)(=O)Cc2nccs2)cc1Cl)C1CCCC1. The summed E-state index contributed by atoms with van der Waals surface area (Å²) < 4.78 is 39.6. The number of hydrogen-bond acceptors (Lipinski definition) is 5. The second-order valence-corrected chi connectivity index (χ2v) is 11.5. The first-order valence-electron chi connectivity index (χ1n) is 10.7. The van der Waals surface area contributed by atoms with Crippen LogP contribution in [0.1, 0.15) is 62.4 Å². The Morgan fingerprint density at radius 2 is 2.03 bits per heavy atom. The molecule has 4 nitrogen and oxygen atoms in total. The van der Waals surface area contributed by atoms with Crippen molar-refractivity contribution in [1.82, 2.24) is 10.3 Å². The molecule has 166 valence electrons. The van der Waals surface area contributed by atoms with E-state index in [0.29, 0.717) is 28.1 Å². The number of hydrogen-bond donors (Lipinski definition) is 1. The fourth-order valence-corrected chi connectivity index (χ4v) is 6.80. The fourth-order valence-electron chi connectivity index (χ4n) is 4.14. The maximum Gasteiger partial charge on any atom is 0.187 e. The van der Waals surface area contributed by atoms with Gasteiger partial charge in [-0.3, -0.25) is 0 Å². The van der Waals surface area contributed by atoms with Crippen LogP contribution in [-0.2, 0) is 22.0 Å². The van der Waals surface area contributed by atoms with E-state index >= 15 is 0 Å². The van der Waals surface area contributed by atoms with Gasteiger partial charge in [-0.15, -0.1) is 11.3 Å². The van der Waals surface area contributed by atoms with Gasteiger partial charge in [0.15, 0.2) is 9.84 Å². The molecule has 1 fully saturated rings. The monoisotopic (exact) mass is 472 g/mol. The maximum atomic E-state index is 14.6. The molecule has 1 aliphatic rings. The Labute approximate surface area is 188 Å². The topological polar surface area (TPSA) is 59.1 Å². The molecule has 0 aliphatic heterocycles. The number of unbranched alkanes of at least 4 members (excludes halogenated alkanes) is 2. The van der Waals surface area contributed by atoms with Crippen molar-refractivity contribution in [2.75, 3.05) is 6.54 Å². The molecule has 1 heterocycles. The van der Waals surface area contributed by atoms with Gasteiger partial charge in [-0.2, -0.15) is 0 Å². The third-order valence-electron chi connectivity index (χ3n) is 5.93. The van der Waals surface area contributed by atoms with Gasteiger partial charge in [0.1, 0.15) is 21.5 Å². The molecule has 1 aromatic heterocycles. The first kappa shape index (κ1) is 23.6. The Morgan fingerprint density at radius 3 is 2.73 bits per heavy atom. The summed E-state index contributed by atoms with van der Waals surface area (Å²) in [5.41, 5.74) is 0.662. The first-order valence-corrected chi connectivity index (χ1v) is 13.6. The lowest BCUT2D eigenvalue weighted by atomic mass is 9.99. The molecule has 1 aliphatic carbocycles. The number of halogens is 2. The third-order valence-corrected chi connectivity index (χ3v) is 8.88. The number of nitrogens with one attached hydrogen (secondary N) is 1. The highest BCUT2D eigenvalue weighted by Gasteiger charge is 2.23. The molecule has 0 unspecified atom stereocenters. The van der Waals surface area contributed by atoms with Crippen molar-refractivity contribution in [1.29, 1.82) is 0 Å². The number of nitrogens with zero attached hydrogens (tertiary/aromatic N) is 1. The lowest BCUT2D eigenvalue weighted by Gasteiger charge is -2.20. The van der Waals surface area contributed by atoms with E-state index in [0.717, 1.165) is 31.7 Å². The summed E-state index contributed by atoms with van der Waals surface area (Å²) in [4.78, 5) is 3.62. The van der Waals surface area contributed by atoms with Crippen molar-refractivity contribution in [3.05, 3.63) is 45.1 Å². The number of benzene rings is 1. The molecule has 0 bridgehead atoms. The van der Waals surface area contributed by atoms with Gasteiger partial charge in [-0.05, 0) is 69.2 Å². The molecular formula is C22H30ClFN2O2S2. The van der Waals surface area contributed by atoms with E-state index in [1.165, 1.54) is 55.3 Å². The number of rotatable bonds is 11. The van der Waals surface area contributed by atoms with Crippen molar-refractivity contribution < 1.29 is 12.8 Å². The van der Waals surface area contributed by atoms with E-state index in [-0.39, 0.29) is 10.6 Å². The van der Waals surface area contributed by atoms with Crippen molar-refractivity contribution in [3.63, 3.8) is 0 Å². The molecule has 0 spiro atoms. The van der Waals surface area contributed by atoms with Crippen LogP contribution in [0.3, 0.4) is 0 Å². The van der Waals surface area contributed by atoms with E-state index < -0.39 is 15.7 Å². The van der Waals surface area contributed by atoms with Crippen molar-refractivity contribution in [2.24, 2.45) is 5.92 Å². The molecule has 0 amide bonds. The van der Waals surface area contributed by atoms with Crippen LogP contribution in [0.15, 0.2) is 28.6 Å². The normalized spacial score (nSPS) is 16.2. The van der Waals surface area contributed by atoms with Gasteiger partial charge in [-0.25, -0.2) is 17.8 Å². The van der Waals surface area contributed by atoms with Crippen LogP contribution in [0.25, 0.3) is 0 Å². The smallest absolute Gasteiger partial charge is 0.187 e. The zero-order valence-electron chi connectivity index (χ0n) is 17.4. The van der Waals surface area contributed by atoms with E-state index in [1.807, 2.05) is 0 Å². The van der Waals surface area contributed by atoms with Gasteiger partial charge in [-0.1, -0.05) is 30.9 Å². The number of thiazole rings is 1. The van der Waals surface area contributed by atoms with Crippen molar-refractivity contribution in [3.8, 4) is 0 Å². The lowest BCUT2D eigenvalue weighted by Crippen LogP contribution is -2.32. The van der Waals surface area contributed by atoms with Gasteiger partial charge in [0.05, 0.1) is 0 Å². The molecule has 3 rings (SSSR count). The molecule has 8 heteroatoms. The number of aryl methyl sites for hydroxylation is 1. The largest absolute Gasteiger partial charge is 0.314 e. The Balaban J connectivity index is 1.47. The molecule has 2 aromatic rings.